The van der Waals surface area contributed by atoms with Gasteiger partial charge < -0.3 is 14.8 Å². The molecular weight excluding hydrogens is 470 g/mol. The largest absolute Gasteiger partial charge is 0.340 e. The van der Waals surface area contributed by atoms with E-state index in [-0.39, 0.29) is 11.8 Å². The fourth-order valence-corrected chi connectivity index (χ4v) is 5.56. The zero-order chi connectivity index (χ0) is 25.2. The molecule has 9 heteroatoms. The zero-order valence-electron chi connectivity index (χ0n) is 21.4. The third-order valence-electron chi connectivity index (χ3n) is 6.52. The lowest BCUT2D eigenvalue weighted by molar-refractivity contribution is -0.133. The van der Waals surface area contributed by atoms with Crippen molar-refractivity contribution < 1.29 is 4.79 Å². The molecule has 1 saturated heterocycles. The molecular formula is C27H33N7OS. The van der Waals surface area contributed by atoms with Crippen LogP contribution in [-0.4, -0.2) is 48.4 Å². The Labute approximate surface area is 215 Å². The minimum Gasteiger partial charge on any atom is -0.340 e. The highest BCUT2D eigenvalue weighted by atomic mass is 32.1. The topological polar surface area (TPSA) is 88.8 Å². The number of piperidine rings is 1. The van der Waals surface area contributed by atoms with Crippen LogP contribution in [0.4, 0.5) is 10.9 Å². The van der Waals surface area contributed by atoms with E-state index in [1.54, 1.807) is 11.3 Å². The van der Waals surface area contributed by atoms with Gasteiger partial charge in [0, 0.05) is 42.6 Å². The summed E-state index contributed by atoms with van der Waals surface area (Å²) in [5.74, 6) is 3.22. The predicted molar refractivity (Wildman–Crippen MR) is 144 cm³/mol. The summed E-state index contributed by atoms with van der Waals surface area (Å²) < 4.78 is 2.11. The van der Waals surface area contributed by atoms with E-state index in [1.807, 2.05) is 49.2 Å². The van der Waals surface area contributed by atoms with E-state index in [4.69, 9.17) is 9.97 Å². The van der Waals surface area contributed by atoms with Crippen LogP contribution >= 0.6 is 11.3 Å². The van der Waals surface area contributed by atoms with Gasteiger partial charge in [-0.2, -0.15) is 0 Å². The molecule has 0 unspecified atom stereocenters. The van der Waals surface area contributed by atoms with Gasteiger partial charge in [-0.15, -0.1) is 11.3 Å². The quantitative estimate of drug-likeness (QED) is 0.371. The van der Waals surface area contributed by atoms with Gasteiger partial charge in [-0.25, -0.2) is 19.9 Å². The Kier molecular flexibility index (Phi) is 7.00. The summed E-state index contributed by atoms with van der Waals surface area (Å²) in [5.41, 5.74) is 2.95. The smallest absolute Gasteiger partial charge is 0.242 e. The molecule has 1 amide bonds. The summed E-state index contributed by atoms with van der Waals surface area (Å²) in [7, 11) is 0. The highest BCUT2D eigenvalue weighted by molar-refractivity contribution is 7.15. The highest BCUT2D eigenvalue weighted by Crippen LogP contribution is 2.29. The second-order valence-electron chi connectivity index (χ2n) is 10.0. The van der Waals surface area contributed by atoms with Gasteiger partial charge in [0.1, 0.15) is 24.0 Å². The van der Waals surface area contributed by atoms with Crippen molar-refractivity contribution in [3.63, 3.8) is 0 Å². The van der Waals surface area contributed by atoms with Crippen molar-refractivity contribution in [2.24, 2.45) is 5.92 Å². The van der Waals surface area contributed by atoms with Crippen LogP contribution < -0.4 is 5.32 Å². The van der Waals surface area contributed by atoms with Crippen molar-refractivity contribution in [1.29, 1.82) is 0 Å². The Bertz CT molecular complexity index is 1380. The molecule has 1 aromatic carbocycles. The summed E-state index contributed by atoms with van der Waals surface area (Å²) >= 11 is 1.60. The number of fused-ring (bicyclic) bond motifs is 1. The number of hydrogen-bond acceptors (Lipinski definition) is 7. The number of anilines is 2. The average molecular weight is 504 g/mol. The lowest BCUT2D eigenvalue weighted by Gasteiger charge is -2.33. The second-order valence-corrected chi connectivity index (χ2v) is 11.2. The van der Waals surface area contributed by atoms with E-state index in [1.165, 1.54) is 0 Å². The number of para-hydroxylation sites is 2. The molecule has 0 bridgehead atoms. The molecule has 1 aliphatic heterocycles. The number of thiazole rings is 1. The van der Waals surface area contributed by atoms with Gasteiger partial charge in [-0.05, 0) is 44.7 Å². The molecule has 4 aromatic rings. The highest BCUT2D eigenvalue weighted by Gasteiger charge is 2.27. The molecule has 0 spiro atoms. The summed E-state index contributed by atoms with van der Waals surface area (Å²) in [5, 5.41) is 4.13. The fraction of sp³-hybridized carbons (Fsp3) is 0.444. The first-order valence-corrected chi connectivity index (χ1v) is 13.4. The Morgan fingerprint density at radius 3 is 2.81 bits per heavy atom. The number of aryl methyl sites for hydroxylation is 2. The molecule has 0 radical (unpaired) electrons. The molecule has 1 aliphatic rings. The molecule has 1 fully saturated rings. The normalized spacial score (nSPS) is 16.1. The van der Waals surface area contributed by atoms with Gasteiger partial charge in [0.15, 0.2) is 5.13 Å². The Morgan fingerprint density at radius 2 is 2.03 bits per heavy atom. The predicted octanol–water partition coefficient (Wildman–Crippen LogP) is 5.25. The van der Waals surface area contributed by atoms with Crippen LogP contribution in [0, 0.1) is 19.8 Å². The summed E-state index contributed by atoms with van der Waals surface area (Å²) in [6.07, 6.45) is 4.65. The summed E-state index contributed by atoms with van der Waals surface area (Å²) in [6.45, 7) is 10.1. The Morgan fingerprint density at radius 1 is 1.19 bits per heavy atom. The molecule has 188 valence electrons. The molecule has 1 N–H and O–H groups in total. The first-order valence-electron chi connectivity index (χ1n) is 12.6. The van der Waals surface area contributed by atoms with Gasteiger partial charge in [0.05, 0.1) is 16.7 Å². The van der Waals surface area contributed by atoms with Gasteiger partial charge in [-0.3, -0.25) is 4.79 Å². The minimum atomic E-state index is 0.134. The first-order chi connectivity index (χ1) is 17.4. The summed E-state index contributed by atoms with van der Waals surface area (Å²) in [4.78, 5) is 35.2. The Hall–Kier alpha value is -3.33. The van der Waals surface area contributed by atoms with Gasteiger partial charge >= 0.3 is 0 Å². The number of benzene rings is 1. The third kappa shape index (κ3) is 5.41. The monoisotopic (exact) mass is 503 g/mol. The van der Waals surface area contributed by atoms with Crippen molar-refractivity contribution in [2.45, 2.75) is 59.4 Å². The van der Waals surface area contributed by atoms with Crippen LogP contribution in [0.25, 0.3) is 11.0 Å². The number of nitrogens with one attached hydrogen (secondary N) is 1. The van der Waals surface area contributed by atoms with Gasteiger partial charge in [-0.1, -0.05) is 26.0 Å². The first kappa shape index (κ1) is 24.4. The second kappa shape index (κ2) is 10.3. The number of aromatic nitrogens is 5. The maximum Gasteiger partial charge on any atom is 0.242 e. The van der Waals surface area contributed by atoms with E-state index in [0.29, 0.717) is 19.0 Å². The lowest BCUT2D eigenvalue weighted by atomic mass is 9.94. The number of hydrogen-bond donors (Lipinski definition) is 1. The fourth-order valence-electron chi connectivity index (χ4n) is 4.89. The van der Waals surface area contributed by atoms with Crippen LogP contribution in [0.3, 0.4) is 0 Å². The van der Waals surface area contributed by atoms with Crippen molar-refractivity contribution in [2.75, 3.05) is 18.4 Å². The van der Waals surface area contributed by atoms with Crippen LogP contribution in [0.2, 0.25) is 0 Å². The Balaban J connectivity index is 1.33. The number of rotatable bonds is 7. The van der Waals surface area contributed by atoms with Crippen LogP contribution in [-0.2, 0) is 17.8 Å². The van der Waals surface area contributed by atoms with E-state index in [0.717, 1.165) is 70.0 Å². The number of nitrogens with zero attached hydrogens (tertiary/aromatic N) is 6. The zero-order valence-corrected chi connectivity index (χ0v) is 22.2. The maximum absolute atomic E-state index is 13.5. The number of amides is 1. The number of likely N-dealkylation sites (tertiary alicyclic amines) is 1. The molecule has 8 nitrogen and oxygen atoms in total. The van der Waals surface area contributed by atoms with Crippen molar-refractivity contribution in [1.82, 2.24) is 29.4 Å². The SMILES string of the molecule is Cc1nc(Nc2ncc(C)s2)cc([C@H]2CCCN(C(=O)Cn3c(CC(C)C)nc4ccccc43)C2)n1. The van der Waals surface area contributed by atoms with Crippen LogP contribution in [0.5, 0.6) is 0 Å². The third-order valence-corrected chi connectivity index (χ3v) is 7.35. The molecule has 0 saturated carbocycles. The van der Waals surface area contributed by atoms with E-state index >= 15 is 0 Å². The molecule has 5 rings (SSSR count). The van der Waals surface area contributed by atoms with E-state index in [9.17, 15) is 4.79 Å². The van der Waals surface area contributed by atoms with Crippen molar-refractivity contribution >= 4 is 39.2 Å². The van der Waals surface area contributed by atoms with E-state index in [2.05, 4.69) is 39.8 Å². The van der Waals surface area contributed by atoms with Crippen LogP contribution in [0.1, 0.15) is 54.8 Å². The number of carbonyl (C=O) groups is 1. The van der Waals surface area contributed by atoms with Gasteiger partial charge in [0.2, 0.25) is 5.91 Å². The van der Waals surface area contributed by atoms with Gasteiger partial charge in [0.25, 0.3) is 0 Å². The van der Waals surface area contributed by atoms with Crippen LogP contribution in [0.15, 0.2) is 36.5 Å². The molecule has 36 heavy (non-hydrogen) atoms. The maximum atomic E-state index is 13.5. The summed E-state index contributed by atoms with van der Waals surface area (Å²) in [6, 6.07) is 10.1. The molecule has 1 atom stereocenters. The molecule has 4 heterocycles. The molecule has 3 aromatic heterocycles. The van der Waals surface area contributed by atoms with Crippen molar-refractivity contribution in [3.8, 4) is 0 Å². The standard InChI is InChI=1S/C27H33N7OS/c1-17(2)12-25-31-21-9-5-6-10-23(21)34(25)16-26(35)33-11-7-8-20(15-33)22-13-24(30-19(4)29-22)32-27-28-14-18(3)36-27/h5-6,9-10,13-14,17,20H,7-8,11-12,15-16H2,1-4H3,(H,28,29,30,32)/t20-/m0/s1. The lowest BCUT2D eigenvalue weighted by Crippen LogP contribution is -2.41. The van der Waals surface area contributed by atoms with E-state index < -0.39 is 0 Å². The van der Waals surface area contributed by atoms with Crippen molar-refractivity contribution in [3.05, 3.63) is 58.7 Å². The number of imidazole rings is 1. The average Bonchev–Trinajstić information content (AvgIpc) is 3.41. The molecule has 0 aliphatic carbocycles. The minimum absolute atomic E-state index is 0.134. The number of carbonyl (C=O) groups excluding carboxylic acids is 1.